The lowest BCUT2D eigenvalue weighted by molar-refractivity contribution is -0.148. The Hall–Kier alpha value is -2.56. The topological polar surface area (TPSA) is 75.0 Å². The molecule has 0 saturated carbocycles. The number of carbonyl (C=O) groups excluding carboxylic acids is 1. The number of halogens is 3. The van der Waals surface area contributed by atoms with Crippen molar-refractivity contribution >= 4 is 71.0 Å². The molecule has 236 valence electrons. The predicted molar refractivity (Wildman–Crippen MR) is 184 cm³/mol. The van der Waals surface area contributed by atoms with E-state index in [9.17, 15) is 4.79 Å². The van der Waals surface area contributed by atoms with Gasteiger partial charge in [0.15, 0.2) is 5.65 Å². The minimum absolute atomic E-state index is 0. The van der Waals surface area contributed by atoms with Crippen LogP contribution in [0.15, 0.2) is 66.2 Å². The van der Waals surface area contributed by atoms with E-state index < -0.39 is 5.41 Å². The monoisotopic (exact) mass is 668 g/mol. The molecule has 1 saturated heterocycles. The van der Waals surface area contributed by atoms with Gasteiger partial charge < -0.3 is 19.9 Å². The van der Waals surface area contributed by atoms with E-state index in [-0.39, 0.29) is 43.2 Å². The number of piperidine rings is 1. The molecule has 1 N–H and O–H groups in total. The minimum Gasteiger partial charge on any atom is -0.465 e. The molecule has 0 amide bonds. The number of ether oxygens (including phenoxy) is 1. The third-order valence-electron chi connectivity index (χ3n) is 7.69. The van der Waals surface area contributed by atoms with Crippen LogP contribution in [0.1, 0.15) is 51.3 Å². The Labute approximate surface area is 277 Å². The lowest BCUT2D eigenvalue weighted by Gasteiger charge is -2.39. The van der Waals surface area contributed by atoms with E-state index in [0.717, 1.165) is 45.0 Å². The first-order valence-electron chi connectivity index (χ1n) is 14.3. The first-order chi connectivity index (χ1) is 19.4. The molecule has 5 rings (SSSR count). The van der Waals surface area contributed by atoms with Crippen LogP contribution in [-0.2, 0) is 21.5 Å². The molecule has 12 heteroatoms. The van der Waals surface area contributed by atoms with E-state index in [4.69, 9.17) is 4.74 Å². The summed E-state index contributed by atoms with van der Waals surface area (Å²) in [5, 5.41) is 11.7. The molecule has 0 aliphatic carbocycles. The molecule has 0 spiro atoms. The number of hydrogen-bond acceptors (Lipinski definition) is 8. The molecular formula is C31H43Cl3N6O2S. The molecule has 0 bridgehead atoms. The summed E-state index contributed by atoms with van der Waals surface area (Å²) >= 11 is 1.84. The van der Waals surface area contributed by atoms with Gasteiger partial charge in [-0.2, -0.15) is 0 Å². The van der Waals surface area contributed by atoms with Crippen LogP contribution in [0, 0.1) is 0 Å². The van der Waals surface area contributed by atoms with Crippen molar-refractivity contribution in [2.75, 3.05) is 43.0 Å². The van der Waals surface area contributed by atoms with Crippen LogP contribution < -0.4 is 10.2 Å². The van der Waals surface area contributed by atoms with Crippen molar-refractivity contribution in [3.8, 4) is 0 Å². The Morgan fingerprint density at radius 1 is 1.07 bits per heavy atom. The third-order valence-corrected chi connectivity index (χ3v) is 8.59. The van der Waals surface area contributed by atoms with Gasteiger partial charge in [-0.15, -0.1) is 53.7 Å². The van der Waals surface area contributed by atoms with E-state index in [1.54, 1.807) is 4.52 Å². The molecule has 4 heterocycles. The maximum atomic E-state index is 12.4. The highest BCUT2D eigenvalue weighted by molar-refractivity contribution is 7.14. The molecule has 0 unspecified atom stereocenters. The van der Waals surface area contributed by atoms with Crippen LogP contribution >= 0.6 is 48.6 Å². The van der Waals surface area contributed by atoms with Gasteiger partial charge in [-0.1, -0.05) is 30.3 Å². The highest BCUT2D eigenvalue weighted by Crippen LogP contribution is 2.30. The largest absolute Gasteiger partial charge is 0.465 e. The zero-order valence-electron chi connectivity index (χ0n) is 25.0. The van der Waals surface area contributed by atoms with Crippen LogP contribution in [0.3, 0.4) is 0 Å². The molecule has 1 aromatic carbocycles. The molecule has 3 aromatic heterocycles. The van der Waals surface area contributed by atoms with Crippen LogP contribution in [0.2, 0.25) is 0 Å². The Balaban J connectivity index is 0.00000215. The van der Waals surface area contributed by atoms with Crippen molar-refractivity contribution in [2.45, 2.75) is 58.0 Å². The fourth-order valence-corrected chi connectivity index (χ4v) is 6.07. The van der Waals surface area contributed by atoms with Crippen molar-refractivity contribution in [1.29, 1.82) is 0 Å². The zero-order chi connectivity index (χ0) is 28.0. The normalized spacial score (nSPS) is 13.8. The van der Waals surface area contributed by atoms with Crippen LogP contribution in [0.5, 0.6) is 0 Å². The van der Waals surface area contributed by atoms with Gasteiger partial charge in [-0.3, -0.25) is 4.79 Å². The van der Waals surface area contributed by atoms with Gasteiger partial charge in [-0.25, -0.2) is 9.50 Å². The van der Waals surface area contributed by atoms with Gasteiger partial charge in [0.05, 0.1) is 23.5 Å². The second kappa shape index (κ2) is 17.1. The van der Waals surface area contributed by atoms with Crippen molar-refractivity contribution in [3.05, 3.63) is 77.4 Å². The first-order valence-corrected chi connectivity index (χ1v) is 15.2. The maximum Gasteiger partial charge on any atom is 0.317 e. The number of aromatic nitrogens is 3. The van der Waals surface area contributed by atoms with E-state index in [1.807, 2.05) is 50.4 Å². The van der Waals surface area contributed by atoms with E-state index in [1.165, 1.54) is 23.4 Å². The molecule has 0 atom stereocenters. The van der Waals surface area contributed by atoms with E-state index >= 15 is 0 Å². The Bertz CT molecular complexity index is 1380. The summed E-state index contributed by atoms with van der Waals surface area (Å²) in [6.07, 6.45) is 5.23. The van der Waals surface area contributed by atoms with Crippen molar-refractivity contribution in [1.82, 2.24) is 19.5 Å². The molecule has 8 nitrogen and oxygen atoms in total. The number of rotatable bonds is 12. The van der Waals surface area contributed by atoms with Gasteiger partial charge in [-0.05, 0) is 81.8 Å². The third kappa shape index (κ3) is 9.22. The molecule has 1 aliphatic rings. The van der Waals surface area contributed by atoms with E-state index in [2.05, 4.69) is 73.0 Å². The van der Waals surface area contributed by atoms with E-state index in [0.29, 0.717) is 24.0 Å². The summed E-state index contributed by atoms with van der Waals surface area (Å²) in [6, 6.07) is 19.7. The molecule has 1 aliphatic heterocycles. The highest BCUT2D eigenvalue weighted by Gasteiger charge is 2.34. The quantitative estimate of drug-likeness (QED) is 0.130. The number of likely N-dealkylation sites (tertiary alicyclic amines) is 1. The van der Waals surface area contributed by atoms with Gasteiger partial charge >= 0.3 is 5.97 Å². The van der Waals surface area contributed by atoms with Gasteiger partial charge in [0, 0.05) is 32.2 Å². The number of benzene rings is 1. The minimum atomic E-state index is -0.826. The predicted octanol–water partition coefficient (Wildman–Crippen LogP) is 6.87. The summed E-state index contributed by atoms with van der Waals surface area (Å²) in [7, 11) is 0. The van der Waals surface area contributed by atoms with Crippen molar-refractivity contribution in [2.24, 2.45) is 0 Å². The van der Waals surface area contributed by atoms with Gasteiger partial charge in [0.25, 0.3) is 0 Å². The average Bonchev–Trinajstić information content (AvgIpc) is 3.66. The number of esters is 1. The molecule has 0 radical (unpaired) electrons. The second-order valence-electron chi connectivity index (χ2n) is 10.9. The fourth-order valence-electron chi connectivity index (χ4n) is 5.27. The summed E-state index contributed by atoms with van der Waals surface area (Å²) < 4.78 is 6.96. The summed E-state index contributed by atoms with van der Waals surface area (Å²) in [6.45, 7) is 11.0. The average molecular weight is 670 g/mol. The number of nitrogens with zero attached hydrogens (tertiary/aromatic N) is 5. The van der Waals surface area contributed by atoms with Gasteiger partial charge in [0.2, 0.25) is 0 Å². The van der Waals surface area contributed by atoms with Crippen LogP contribution in [0.4, 0.5) is 10.8 Å². The molecule has 1 fully saturated rings. The van der Waals surface area contributed by atoms with Crippen LogP contribution in [0.25, 0.3) is 5.65 Å². The number of thiophene rings is 1. The Morgan fingerprint density at radius 2 is 1.81 bits per heavy atom. The van der Waals surface area contributed by atoms with Crippen molar-refractivity contribution in [3.63, 3.8) is 0 Å². The molecular weight excluding hydrogens is 627 g/mol. The second-order valence-corrected chi connectivity index (χ2v) is 11.8. The van der Waals surface area contributed by atoms with Crippen molar-refractivity contribution < 1.29 is 9.53 Å². The highest BCUT2D eigenvalue weighted by atomic mass is 35.5. The number of hydrogen-bond donors (Lipinski definition) is 1. The summed E-state index contributed by atoms with van der Waals surface area (Å²) in [5.74, 6) is 0.521. The van der Waals surface area contributed by atoms with Gasteiger partial charge in [0.1, 0.15) is 11.2 Å². The number of anilines is 2. The zero-order valence-corrected chi connectivity index (χ0v) is 28.2. The number of imidazole rings is 1. The fraction of sp³-hybridized carbons (Fsp3) is 0.452. The smallest absolute Gasteiger partial charge is 0.317 e. The lowest BCUT2D eigenvalue weighted by atomic mass is 9.90. The number of fused-ring (bicyclic) bond motifs is 1. The lowest BCUT2D eigenvalue weighted by Crippen LogP contribution is -2.45. The maximum absolute atomic E-state index is 12.4. The molecule has 43 heavy (non-hydrogen) atoms. The standard InChI is InChI=1S/C31H40N6O2S.3ClH/c1-4-39-30(38)31(2,3)26-23-37-28(33-26)14-13-27(34-37)32-17-9-18-35-19-15-25(16-20-35)36(29-12-8-21-40-29)22-24-10-6-5-7-11-24;;;/h5-8,10-14,21,23,25H,4,9,15-20,22H2,1-3H3,(H,32,34);3*1H. The Morgan fingerprint density at radius 3 is 2.49 bits per heavy atom. The molecule has 4 aromatic rings. The number of carbonyl (C=O) groups is 1. The summed E-state index contributed by atoms with van der Waals surface area (Å²) in [4.78, 5) is 22.2. The SMILES string of the molecule is CCOC(=O)C(C)(C)c1cn2nc(NCCCN3CCC(N(Cc4ccccc4)c4cccs4)CC3)ccc2n1.Cl.Cl.Cl. The Kier molecular flexibility index (Phi) is 14.5. The number of nitrogens with one attached hydrogen (secondary N) is 1. The van der Waals surface area contributed by atoms with Crippen LogP contribution in [-0.4, -0.2) is 64.3 Å². The summed E-state index contributed by atoms with van der Waals surface area (Å²) in [5.41, 5.74) is 1.91. The first kappa shape index (κ1) is 36.6.